The molecule has 0 atom stereocenters. The monoisotopic (exact) mass is 386 g/mol. The zero-order valence-corrected chi connectivity index (χ0v) is 19.0. The fourth-order valence-corrected chi connectivity index (χ4v) is 6.64. The lowest BCUT2D eigenvalue weighted by atomic mass is 10.0. The molecule has 2 nitrogen and oxygen atoms in total. The molecule has 0 saturated carbocycles. The first-order chi connectivity index (χ1) is 12.6. The normalized spacial score (nSPS) is 11.8. The maximum absolute atomic E-state index is 14.0. The molecule has 0 unspecified atom stereocenters. The Morgan fingerprint density at radius 2 is 1.11 bits per heavy atom. The molecule has 0 spiro atoms. The first-order valence-corrected chi connectivity index (χ1v) is 12.0. The molecule has 0 heterocycles. The fourth-order valence-electron chi connectivity index (χ4n) is 3.92. The molecule has 0 fully saturated rings. The van der Waals surface area contributed by atoms with Gasteiger partial charge in [0.2, 0.25) is 7.37 Å². The van der Waals surface area contributed by atoms with Crippen molar-refractivity contribution in [2.75, 3.05) is 6.61 Å². The average molecular weight is 387 g/mol. The molecule has 3 heteroatoms. The second kappa shape index (κ2) is 9.22. The van der Waals surface area contributed by atoms with E-state index in [1.165, 1.54) is 44.5 Å². The zero-order chi connectivity index (χ0) is 20.2. The summed E-state index contributed by atoms with van der Waals surface area (Å²) in [7, 11) is -2.83. The molecule has 0 radical (unpaired) electrons. The van der Waals surface area contributed by atoms with Crippen molar-refractivity contribution >= 4 is 7.37 Å². The summed E-state index contributed by atoms with van der Waals surface area (Å²) in [4.78, 5) is 0. The van der Waals surface area contributed by atoms with Gasteiger partial charge in [-0.3, -0.25) is 4.57 Å². The van der Waals surface area contributed by atoms with Crippen molar-refractivity contribution in [3.05, 3.63) is 68.8 Å². The number of hydrogen-bond acceptors (Lipinski definition) is 2. The Kier molecular flexibility index (Phi) is 7.48. The summed E-state index contributed by atoms with van der Waals surface area (Å²) in [5, 5.41) is 0. The minimum absolute atomic E-state index is 0.515. The third-order valence-corrected chi connectivity index (χ3v) is 7.55. The molecule has 0 aliphatic rings. The van der Waals surface area contributed by atoms with E-state index in [4.69, 9.17) is 4.52 Å². The predicted octanol–water partition coefficient (Wildman–Crippen LogP) is 7.33. The van der Waals surface area contributed by atoms with Gasteiger partial charge in [-0.2, -0.15) is 0 Å². The molecule has 0 amide bonds. The molecule has 0 aliphatic carbocycles. The number of aryl methyl sites for hydroxylation is 6. The van der Waals surface area contributed by atoms with Crippen LogP contribution in [0.15, 0.2) is 24.3 Å². The molecule has 148 valence electrons. The highest BCUT2D eigenvalue weighted by molar-refractivity contribution is 7.57. The molecular formula is C24H35O2P. The van der Waals surface area contributed by atoms with Crippen molar-refractivity contribution in [3.8, 4) is 0 Å². The molecule has 27 heavy (non-hydrogen) atoms. The smallest absolute Gasteiger partial charge is 0.211 e. The molecular weight excluding hydrogens is 351 g/mol. The van der Waals surface area contributed by atoms with Gasteiger partial charge in [0, 0.05) is 0 Å². The van der Waals surface area contributed by atoms with Crippen LogP contribution in [0.25, 0.3) is 0 Å². The lowest BCUT2D eigenvalue weighted by Crippen LogP contribution is -2.05. The highest BCUT2D eigenvalue weighted by Crippen LogP contribution is 2.55. The standard InChI is InChI=1S/C24H35O2P/c1-8-9-10-26-27(25,15-23-19(4)11-17(2)12-20(23)5)16-24-21(6)13-18(3)14-22(24)7/h11-14H,8-10,15-16H2,1-7H3. The van der Waals surface area contributed by atoms with Crippen LogP contribution in [0, 0.1) is 41.5 Å². The van der Waals surface area contributed by atoms with E-state index in [9.17, 15) is 4.57 Å². The Bertz CT molecular complexity index is 742. The molecule has 0 N–H and O–H groups in total. The molecule has 0 aromatic heterocycles. The summed E-state index contributed by atoms with van der Waals surface area (Å²) in [5.41, 5.74) is 9.72. The fraction of sp³-hybridized carbons (Fsp3) is 0.500. The van der Waals surface area contributed by atoms with Gasteiger partial charge in [-0.1, -0.05) is 48.7 Å². The Balaban J connectivity index is 2.40. The van der Waals surface area contributed by atoms with Crippen molar-refractivity contribution < 1.29 is 9.09 Å². The largest absolute Gasteiger partial charge is 0.328 e. The van der Waals surface area contributed by atoms with Crippen molar-refractivity contribution in [2.45, 2.75) is 73.6 Å². The van der Waals surface area contributed by atoms with Crippen LogP contribution in [0.5, 0.6) is 0 Å². The Morgan fingerprint density at radius 3 is 1.44 bits per heavy atom. The molecule has 2 rings (SSSR count). The van der Waals surface area contributed by atoms with Gasteiger partial charge in [-0.25, -0.2) is 0 Å². The van der Waals surface area contributed by atoms with E-state index in [0.717, 1.165) is 12.8 Å². The first-order valence-electron chi connectivity index (χ1n) is 10.0. The molecule has 0 bridgehead atoms. The average Bonchev–Trinajstić information content (AvgIpc) is 2.55. The first kappa shape index (κ1) is 21.9. The third-order valence-electron chi connectivity index (χ3n) is 5.30. The van der Waals surface area contributed by atoms with E-state index < -0.39 is 7.37 Å². The molecule has 0 saturated heterocycles. The lowest BCUT2D eigenvalue weighted by molar-refractivity contribution is 0.304. The van der Waals surface area contributed by atoms with E-state index in [0.29, 0.717) is 18.9 Å². The van der Waals surface area contributed by atoms with Gasteiger partial charge in [0.15, 0.2) is 0 Å². The summed E-state index contributed by atoms with van der Waals surface area (Å²) in [5.74, 6) is 0. The van der Waals surface area contributed by atoms with Crippen LogP contribution in [0.2, 0.25) is 0 Å². The second-order valence-corrected chi connectivity index (χ2v) is 10.6. The molecule has 0 aliphatic heterocycles. The summed E-state index contributed by atoms with van der Waals surface area (Å²) in [6.45, 7) is 15.4. The number of unbranched alkanes of at least 4 members (excludes halogenated alkanes) is 1. The van der Waals surface area contributed by atoms with Crippen molar-refractivity contribution in [1.82, 2.24) is 0 Å². The van der Waals surface area contributed by atoms with Gasteiger partial charge in [0.25, 0.3) is 0 Å². The maximum Gasteiger partial charge on any atom is 0.211 e. The van der Waals surface area contributed by atoms with Crippen LogP contribution < -0.4 is 0 Å². The van der Waals surface area contributed by atoms with Crippen LogP contribution >= 0.6 is 7.37 Å². The number of benzene rings is 2. The van der Waals surface area contributed by atoms with Gasteiger partial charge in [-0.15, -0.1) is 0 Å². The lowest BCUT2D eigenvalue weighted by Gasteiger charge is -2.23. The number of hydrogen-bond donors (Lipinski definition) is 0. The molecule has 2 aromatic rings. The Morgan fingerprint density at radius 1 is 0.741 bits per heavy atom. The Labute approximate surface area is 165 Å². The molecule has 2 aromatic carbocycles. The van der Waals surface area contributed by atoms with Crippen molar-refractivity contribution in [3.63, 3.8) is 0 Å². The summed E-state index contributed by atoms with van der Waals surface area (Å²) in [6.07, 6.45) is 3.02. The van der Waals surface area contributed by atoms with Crippen molar-refractivity contribution in [1.29, 1.82) is 0 Å². The predicted molar refractivity (Wildman–Crippen MR) is 117 cm³/mol. The van der Waals surface area contributed by atoms with Gasteiger partial charge >= 0.3 is 0 Å². The van der Waals surface area contributed by atoms with Crippen molar-refractivity contribution in [2.24, 2.45) is 0 Å². The topological polar surface area (TPSA) is 26.3 Å². The van der Waals surface area contributed by atoms with Crippen LogP contribution in [0.4, 0.5) is 0 Å². The minimum Gasteiger partial charge on any atom is -0.328 e. The van der Waals surface area contributed by atoms with Crippen LogP contribution in [0.1, 0.15) is 64.3 Å². The minimum atomic E-state index is -2.83. The third kappa shape index (κ3) is 5.80. The quantitative estimate of drug-likeness (QED) is 0.350. The maximum atomic E-state index is 14.0. The zero-order valence-electron chi connectivity index (χ0n) is 18.1. The van der Waals surface area contributed by atoms with Crippen LogP contribution in [0.3, 0.4) is 0 Å². The van der Waals surface area contributed by atoms with E-state index in [1.807, 2.05) is 0 Å². The van der Waals surface area contributed by atoms with Crippen LogP contribution in [-0.2, 0) is 21.4 Å². The van der Waals surface area contributed by atoms with E-state index in [2.05, 4.69) is 72.7 Å². The van der Waals surface area contributed by atoms with Gasteiger partial charge < -0.3 is 4.52 Å². The second-order valence-electron chi connectivity index (χ2n) is 8.07. The summed E-state index contributed by atoms with van der Waals surface area (Å²) in [6, 6.07) is 8.73. The van der Waals surface area contributed by atoms with E-state index in [-0.39, 0.29) is 0 Å². The van der Waals surface area contributed by atoms with Gasteiger partial charge in [-0.05, 0) is 81.3 Å². The SMILES string of the molecule is CCCCOP(=O)(Cc1c(C)cc(C)cc1C)Cc1c(C)cc(C)cc1C. The summed E-state index contributed by atoms with van der Waals surface area (Å²) >= 11 is 0. The van der Waals surface area contributed by atoms with Crippen LogP contribution in [-0.4, -0.2) is 6.61 Å². The van der Waals surface area contributed by atoms with Gasteiger partial charge in [0.1, 0.15) is 0 Å². The van der Waals surface area contributed by atoms with Gasteiger partial charge in [0.05, 0.1) is 18.9 Å². The number of rotatable bonds is 8. The van der Waals surface area contributed by atoms with E-state index >= 15 is 0 Å². The highest BCUT2D eigenvalue weighted by atomic mass is 31.2. The highest BCUT2D eigenvalue weighted by Gasteiger charge is 2.27. The Hall–Kier alpha value is -1.37. The summed E-state index contributed by atoms with van der Waals surface area (Å²) < 4.78 is 20.1. The van der Waals surface area contributed by atoms with E-state index in [1.54, 1.807) is 0 Å².